The molecule has 2 heterocycles. The Morgan fingerprint density at radius 3 is 2.58 bits per heavy atom. The van der Waals surface area contributed by atoms with Crippen LogP contribution in [0.25, 0.3) is 5.57 Å². The smallest absolute Gasteiger partial charge is 0.416 e. The molecule has 5 nitrogen and oxygen atoms in total. The minimum absolute atomic E-state index is 0.0409. The molecule has 8 heteroatoms. The van der Waals surface area contributed by atoms with Crippen molar-refractivity contribution in [1.29, 1.82) is 0 Å². The van der Waals surface area contributed by atoms with Gasteiger partial charge in [0.1, 0.15) is 6.33 Å². The maximum absolute atomic E-state index is 12.8. The molecule has 3 rings (SSSR count). The zero-order chi connectivity index (χ0) is 17.3. The Kier molecular flexibility index (Phi) is 3.96. The van der Waals surface area contributed by atoms with Gasteiger partial charge in [0.2, 0.25) is 0 Å². The van der Waals surface area contributed by atoms with Gasteiger partial charge in [0.25, 0.3) is 0 Å². The van der Waals surface area contributed by atoms with Crippen LogP contribution in [-0.2, 0) is 17.5 Å². The summed E-state index contributed by atoms with van der Waals surface area (Å²) in [5.41, 5.74) is -0.276. The number of nitrogens with zero attached hydrogens (tertiary/aromatic N) is 3. The molecule has 2 aromatic rings. The van der Waals surface area contributed by atoms with E-state index in [2.05, 4.69) is 9.97 Å². The normalized spacial score (nSPS) is 15.3. The lowest BCUT2D eigenvalue weighted by molar-refractivity contribution is -0.137. The summed E-state index contributed by atoms with van der Waals surface area (Å²) in [6.45, 7) is 0.0627. The van der Waals surface area contributed by atoms with Gasteiger partial charge in [0, 0.05) is 24.5 Å². The Morgan fingerprint density at radius 1 is 1.21 bits per heavy atom. The molecule has 0 fully saturated rings. The van der Waals surface area contributed by atoms with Gasteiger partial charge in [-0.2, -0.15) is 13.2 Å². The highest BCUT2D eigenvalue weighted by molar-refractivity contribution is 6.24. The van der Waals surface area contributed by atoms with Crippen LogP contribution in [0, 0.1) is 0 Å². The number of alkyl halides is 3. The van der Waals surface area contributed by atoms with Gasteiger partial charge < -0.3 is 10.0 Å². The monoisotopic (exact) mass is 335 g/mol. The number of benzene rings is 1. The number of aliphatic hydroxyl groups excluding tert-OH is 1. The lowest BCUT2D eigenvalue weighted by atomic mass is 10.0. The van der Waals surface area contributed by atoms with E-state index in [1.54, 1.807) is 0 Å². The lowest BCUT2D eigenvalue weighted by Gasteiger charge is -2.16. The number of carbonyl (C=O) groups is 1. The first-order valence-electron chi connectivity index (χ1n) is 6.99. The zero-order valence-electron chi connectivity index (χ0n) is 12.3. The first-order valence-corrected chi connectivity index (χ1v) is 6.99. The third-order valence-corrected chi connectivity index (χ3v) is 3.60. The maximum Gasteiger partial charge on any atom is 0.416 e. The van der Waals surface area contributed by atoms with Crippen LogP contribution >= 0.6 is 0 Å². The van der Waals surface area contributed by atoms with E-state index in [1.165, 1.54) is 35.8 Å². The highest BCUT2D eigenvalue weighted by Crippen LogP contribution is 2.33. The highest BCUT2D eigenvalue weighted by Gasteiger charge is 2.34. The van der Waals surface area contributed by atoms with Crippen molar-refractivity contribution in [3.05, 3.63) is 65.6 Å². The van der Waals surface area contributed by atoms with E-state index in [9.17, 15) is 23.1 Å². The average molecular weight is 335 g/mol. The van der Waals surface area contributed by atoms with Gasteiger partial charge in [0.05, 0.1) is 17.7 Å². The topological polar surface area (TPSA) is 66.3 Å². The van der Waals surface area contributed by atoms with Crippen LogP contribution in [0.3, 0.4) is 0 Å². The summed E-state index contributed by atoms with van der Waals surface area (Å²) in [6, 6.07) is 4.35. The summed E-state index contributed by atoms with van der Waals surface area (Å²) in [5.74, 6) is -0.785. The van der Waals surface area contributed by atoms with Crippen molar-refractivity contribution in [2.24, 2.45) is 0 Å². The Hall–Kier alpha value is -2.90. The number of aliphatic hydroxyl groups is 1. The number of aromatic nitrogens is 2. The molecule has 0 amide bonds. The molecule has 0 spiro atoms. The highest BCUT2D eigenvalue weighted by atomic mass is 19.4. The molecule has 1 aliphatic rings. The molecule has 0 bridgehead atoms. The van der Waals surface area contributed by atoms with E-state index < -0.39 is 17.5 Å². The summed E-state index contributed by atoms with van der Waals surface area (Å²) in [4.78, 5) is 21.2. The van der Waals surface area contributed by atoms with Crippen molar-refractivity contribution >= 4 is 11.4 Å². The fourth-order valence-electron chi connectivity index (χ4n) is 2.51. The van der Waals surface area contributed by atoms with E-state index in [1.807, 2.05) is 0 Å². The van der Waals surface area contributed by atoms with Crippen LogP contribution in [0.1, 0.15) is 16.7 Å². The van der Waals surface area contributed by atoms with Crippen LogP contribution in [0.4, 0.5) is 13.2 Å². The molecule has 24 heavy (non-hydrogen) atoms. The number of ketones is 1. The van der Waals surface area contributed by atoms with E-state index in [-0.39, 0.29) is 30.1 Å². The Morgan fingerprint density at radius 2 is 1.92 bits per heavy atom. The molecule has 1 aromatic carbocycles. The molecule has 0 saturated carbocycles. The van der Waals surface area contributed by atoms with Crippen LogP contribution < -0.4 is 0 Å². The fraction of sp³-hybridized carbons (Fsp3) is 0.188. The molecule has 0 saturated heterocycles. The van der Waals surface area contributed by atoms with E-state index >= 15 is 0 Å². The van der Waals surface area contributed by atoms with Crippen molar-refractivity contribution in [2.45, 2.75) is 12.7 Å². The van der Waals surface area contributed by atoms with Gasteiger partial charge in [-0.05, 0) is 17.7 Å². The Labute approximate surface area is 135 Å². The van der Waals surface area contributed by atoms with Gasteiger partial charge in [-0.15, -0.1) is 0 Å². The predicted molar refractivity (Wildman–Crippen MR) is 78.4 cm³/mol. The second kappa shape index (κ2) is 5.95. The molecule has 0 atom stereocenters. The van der Waals surface area contributed by atoms with Crippen LogP contribution in [0.2, 0.25) is 0 Å². The number of Topliss-reactive ketones (excluding diaryl/α,β-unsaturated/α-hetero) is 1. The summed E-state index contributed by atoms with van der Waals surface area (Å²) >= 11 is 0. The largest absolute Gasteiger partial charge is 0.494 e. The second-order valence-electron chi connectivity index (χ2n) is 5.30. The molecule has 1 aromatic heterocycles. The molecule has 1 aliphatic heterocycles. The van der Waals surface area contributed by atoms with Crippen molar-refractivity contribution < 1.29 is 23.1 Å². The standard InChI is InChI=1S/C16H12F3N3O2/c17-16(18,19)12-3-1-2-11(4-12)14-13(23)8-22(15(14)24)7-10-5-20-9-21-6-10/h1-6,9,24H,7-8H2. The van der Waals surface area contributed by atoms with Gasteiger partial charge in [-0.1, -0.05) is 12.1 Å². The first-order chi connectivity index (χ1) is 11.4. The van der Waals surface area contributed by atoms with E-state index in [4.69, 9.17) is 0 Å². The summed E-state index contributed by atoms with van der Waals surface area (Å²) in [6.07, 6.45) is -0.0999. The van der Waals surface area contributed by atoms with Gasteiger partial charge >= 0.3 is 6.18 Å². The third kappa shape index (κ3) is 3.08. The number of carbonyl (C=O) groups excluding carboxylic acids is 1. The van der Waals surface area contributed by atoms with Gasteiger partial charge in [0.15, 0.2) is 11.7 Å². The number of rotatable bonds is 3. The summed E-state index contributed by atoms with van der Waals surface area (Å²) in [5, 5.41) is 10.3. The summed E-state index contributed by atoms with van der Waals surface area (Å²) < 4.78 is 38.5. The Bertz CT molecular complexity index is 804. The molecule has 1 N–H and O–H groups in total. The van der Waals surface area contributed by atoms with Crippen molar-refractivity contribution in [2.75, 3.05) is 6.54 Å². The SMILES string of the molecule is O=C1CN(Cc2cncnc2)C(O)=C1c1cccc(C(F)(F)F)c1. The summed E-state index contributed by atoms with van der Waals surface area (Å²) in [7, 11) is 0. The van der Waals surface area contributed by atoms with Crippen molar-refractivity contribution in [1.82, 2.24) is 14.9 Å². The minimum atomic E-state index is -4.52. The average Bonchev–Trinajstić information content (AvgIpc) is 2.82. The molecule has 124 valence electrons. The molecule has 0 aliphatic carbocycles. The second-order valence-corrected chi connectivity index (χ2v) is 5.30. The van der Waals surface area contributed by atoms with Gasteiger partial charge in [-0.25, -0.2) is 9.97 Å². The van der Waals surface area contributed by atoms with Crippen LogP contribution in [0.5, 0.6) is 0 Å². The minimum Gasteiger partial charge on any atom is -0.494 e. The fourth-order valence-corrected chi connectivity index (χ4v) is 2.51. The van der Waals surface area contributed by atoms with Gasteiger partial charge in [-0.3, -0.25) is 4.79 Å². The molecule has 0 radical (unpaired) electrons. The van der Waals surface area contributed by atoms with Crippen LogP contribution in [0.15, 0.2) is 48.9 Å². The Balaban J connectivity index is 1.93. The maximum atomic E-state index is 12.8. The van der Waals surface area contributed by atoms with Crippen molar-refractivity contribution in [3.8, 4) is 0 Å². The quantitative estimate of drug-likeness (QED) is 0.934. The van der Waals surface area contributed by atoms with E-state index in [0.29, 0.717) is 5.56 Å². The number of halogens is 3. The number of hydrogen-bond acceptors (Lipinski definition) is 5. The zero-order valence-corrected chi connectivity index (χ0v) is 12.3. The lowest BCUT2D eigenvalue weighted by Crippen LogP contribution is -2.21. The number of hydrogen-bond donors (Lipinski definition) is 1. The van der Waals surface area contributed by atoms with E-state index in [0.717, 1.165) is 12.1 Å². The predicted octanol–water partition coefficient (Wildman–Crippen LogP) is 2.81. The molecular weight excluding hydrogens is 323 g/mol. The molecule has 0 unspecified atom stereocenters. The third-order valence-electron chi connectivity index (χ3n) is 3.60. The molecular formula is C16H12F3N3O2. The van der Waals surface area contributed by atoms with Crippen molar-refractivity contribution in [3.63, 3.8) is 0 Å². The van der Waals surface area contributed by atoms with Crippen LogP contribution in [-0.4, -0.2) is 32.3 Å². The first kappa shape index (κ1) is 16.0.